The minimum Gasteiger partial charge on any atom is -0.316 e. The molecule has 180 valence electrons. The first-order chi connectivity index (χ1) is 14.7. The molecule has 2 nitrogen and oxygen atoms in total. The summed E-state index contributed by atoms with van der Waals surface area (Å²) in [6.07, 6.45) is 16.1. The van der Waals surface area contributed by atoms with Crippen molar-refractivity contribution in [1.29, 1.82) is 0 Å². The fourth-order valence-electron chi connectivity index (χ4n) is 8.08. The highest BCUT2D eigenvalue weighted by atomic mass is 32.2. The number of ketones is 1. The van der Waals surface area contributed by atoms with Crippen molar-refractivity contribution in [3.63, 3.8) is 0 Å². The molecule has 0 spiro atoms. The highest BCUT2D eigenvalue weighted by Gasteiger charge is 2.60. The van der Waals surface area contributed by atoms with Crippen LogP contribution in [0, 0.1) is 39.9 Å². The summed E-state index contributed by atoms with van der Waals surface area (Å²) < 4.78 is 5.62. The van der Waals surface area contributed by atoms with Gasteiger partial charge in [-0.25, -0.2) is 0 Å². The van der Waals surface area contributed by atoms with E-state index >= 15 is 0 Å². The highest BCUT2D eigenvalue weighted by molar-refractivity contribution is 7.93. The van der Waals surface area contributed by atoms with Crippen LogP contribution in [0.15, 0.2) is 11.6 Å². The third-order valence-electron chi connectivity index (χ3n) is 9.57. The average Bonchev–Trinajstić information content (AvgIpc) is 3.11. The van der Waals surface area contributed by atoms with Crippen LogP contribution in [-0.2, 0) is 8.98 Å². The Kier molecular flexibility index (Phi) is 9.69. The molecule has 3 fully saturated rings. The molecule has 0 aromatic heterocycles. The number of hydrogen-bond acceptors (Lipinski definition) is 4. The first kappa shape index (κ1) is 27.3. The first-order valence-corrected chi connectivity index (χ1v) is 14.6. The summed E-state index contributed by atoms with van der Waals surface area (Å²) in [5, 5.41) is 0. The maximum absolute atomic E-state index is 12.6. The Hall–Kier alpha value is 0.0700. The SMILES string of the molecule is CC.CS.CSOCCC1CCC2C3CC=C4C(C)(C)C(=O)CCC4(C)C3CCC12C. The van der Waals surface area contributed by atoms with E-state index in [4.69, 9.17) is 4.18 Å². The molecule has 6 atom stereocenters. The van der Waals surface area contributed by atoms with Crippen LogP contribution >= 0.6 is 24.7 Å². The van der Waals surface area contributed by atoms with Gasteiger partial charge < -0.3 is 4.18 Å². The lowest BCUT2D eigenvalue weighted by molar-refractivity contribution is -0.132. The molecule has 0 heterocycles. The minimum absolute atomic E-state index is 0.244. The summed E-state index contributed by atoms with van der Waals surface area (Å²) in [4.78, 5) is 12.6. The molecule has 6 unspecified atom stereocenters. The van der Waals surface area contributed by atoms with Gasteiger partial charge in [0.25, 0.3) is 0 Å². The van der Waals surface area contributed by atoms with Gasteiger partial charge in [-0.3, -0.25) is 4.79 Å². The molecule has 0 aromatic carbocycles. The largest absolute Gasteiger partial charge is 0.316 e. The van der Waals surface area contributed by atoms with E-state index in [1.807, 2.05) is 20.1 Å². The Bertz CT molecular complexity index is 643. The van der Waals surface area contributed by atoms with Crippen molar-refractivity contribution >= 4 is 30.5 Å². The highest BCUT2D eigenvalue weighted by Crippen LogP contribution is 2.68. The van der Waals surface area contributed by atoms with Crippen molar-refractivity contribution in [1.82, 2.24) is 0 Å². The van der Waals surface area contributed by atoms with Gasteiger partial charge in [-0.05, 0) is 112 Å². The van der Waals surface area contributed by atoms with Gasteiger partial charge in [0.05, 0.1) is 6.61 Å². The summed E-state index contributed by atoms with van der Waals surface area (Å²) >= 11 is 5.04. The predicted molar refractivity (Wildman–Crippen MR) is 140 cm³/mol. The first-order valence-electron chi connectivity index (χ1n) is 12.6. The summed E-state index contributed by atoms with van der Waals surface area (Å²) in [6.45, 7) is 14.4. The summed E-state index contributed by atoms with van der Waals surface area (Å²) in [5.74, 6) is 3.77. The van der Waals surface area contributed by atoms with Gasteiger partial charge in [0, 0.05) is 18.1 Å². The van der Waals surface area contributed by atoms with Crippen molar-refractivity contribution < 1.29 is 8.98 Å². The van der Waals surface area contributed by atoms with Crippen molar-refractivity contribution in [3.8, 4) is 0 Å². The lowest BCUT2D eigenvalue weighted by atomic mass is 9.44. The average molecular weight is 469 g/mol. The maximum atomic E-state index is 12.6. The monoisotopic (exact) mass is 468 g/mol. The van der Waals surface area contributed by atoms with Crippen LogP contribution in [-0.4, -0.2) is 24.9 Å². The lowest BCUT2D eigenvalue weighted by Crippen LogP contribution is -2.53. The Morgan fingerprint density at radius 1 is 1.06 bits per heavy atom. The topological polar surface area (TPSA) is 26.3 Å². The molecule has 0 aromatic rings. The zero-order chi connectivity index (χ0) is 23.4. The molecule has 4 heteroatoms. The quantitative estimate of drug-likeness (QED) is 0.196. The van der Waals surface area contributed by atoms with Gasteiger partial charge >= 0.3 is 0 Å². The number of carbonyl (C=O) groups is 1. The van der Waals surface area contributed by atoms with Gasteiger partial charge in [-0.2, -0.15) is 12.6 Å². The summed E-state index contributed by atoms with van der Waals surface area (Å²) in [7, 11) is 0. The Morgan fingerprint density at radius 3 is 2.39 bits per heavy atom. The van der Waals surface area contributed by atoms with Crippen molar-refractivity contribution in [2.75, 3.05) is 19.1 Å². The zero-order valence-electron chi connectivity index (χ0n) is 21.4. The number of rotatable bonds is 4. The molecule has 4 aliphatic rings. The van der Waals surface area contributed by atoms with Crippen LogP contribution < -0.4 is 0 Å². The Labute approximate surface area is 202 Å². The van der Waals surface area contributed by atoms with Crippen molar-refractivity contribution in [2.24, 2.45) is 39.9 Å². The molecular weight excluding hydrogens is 420 g/mol. The van der Waals surface area contributed by atoms with E-state index in [0.29, 0.717) is 11.2 Å². The second-order valence-corrected chi connectivity index (χ2v) is 11.4. The second-order valence-electron chi connectivity index (χ2n) is 10.8. The van der Waals surface area contributed by atoms with E-state index < -0.39 is 0 Å². The molecule has 0 amide bonds. The number of Topliss-reactive ketones (excluding diaryl/α,β-unsaturated/α-hetero) is 1. The number of hydrogen-bond donors (Lipinski definition) is 1. The third-order valence-corrected chi connectivity index (χ3v) is 9.97. The molecule has 0 bridgehead atoms. The van der Waals surface area contributed by atoms with Crippen molar-refractivity contribution in [3.05, 3.63) is 11.6 Å². The Morgan fingerprint density at radius 2 is 1.74 bits per heavy atom. The molecule has 4 rings (SSSR count). The number of thiol groups is 1. The smallest absolute Gasteiger partial charge is 0.142 e. The molecule has 0 N–H and O–H groups in total. The maximum Gasteiger partial charge on any atom is 0.142 e. The summed E-state index contributed by atoms with van der Waals surface area (Å²) in [6, 6.07) is 0. The number of fused-ring (bicyclic) bond motifs is 5. The van der Waals surface area contributed by atoms with E-state index in [-0.39, 0.29) is 10.8 Å². The number of carbonyl (C=O) groups excluding carboxylic acids is 1. The molecular formula is C27H48O2S2. The molecule has 0 aliphatic heterocycles. The molecule has 31 heavy (non-hydrogen) atoms. The lowest BCUT2D eigenvalue weighted by Gasteiger charge is -2.59. The van der Waals surface area contributed by atoms with Crippen LogP contribution in [0.3, 0.4) is 0 Å². The standard InChI is InChI=1S/C24H38O2S.C2H6.CH4S/c1-22(2)20-9-7-17-18-8-6-16(12-15-26-27-5)23(18,3)13-10-19(17)24(20,4)14-11-21(22)25;2*1-2/h9,16-19H,6-8,10-15H2,1-5H3;1-2H3;2H,1H3. The zero-order valence-corrected chi connectivity index (χ0v) is 23.1. The van der Waals surface area contributed by atoms with Gasteiger partial charge in [-0.15, -0.1) is 0 Å². The van der Waals surface area contributed by atoms with E-state index in [1.165, 1.54) is 56.1 Å². The van der Waals surface area contributed by atoms with Crippen LogP contribution in [0.2, 0.25) is 0 Å². The molecule has 0 radical (unpaired) electrons. The predicted octanol–water partition coefficient (Wildman–Crippen LogP) is 8.03. The Balaban J connectivity index is 0.000000807. The second kappa shape index (κ2) is 11.0. The fraction of sp³-hybridized carbons (Fsp3) is 0.889. The van der Waals surface area contributed by atoms with Crippen LogP contribution in [0.4, 0.5) is 0 Å². The van der Waals surface area contributed by atoms with Crippen molar-refractivity contribution in [2.45, 2.75) is 92.9 Å². The van der Waals surface area contributed by atoms with E-state index in [2.05, 4.69) is 46.4 Å². The van der Waals surface area contributed by atoms with Crippen LogP contribution in [0.1, 0.15) is 92.9 Å². The van der Waals surface area contributed by atoms with Crippen LogP contribution in [0.5, 0.6) is 0 Å². The number of allylic oxidation sites excluding steroid dienone is 2. The van der Waals surface area contributed by atoms with E-state index in [0.717, 1.165) is 43.1 Å². The van der Waals surface area contributed by atoms with E-state index in [9.17, 15) is 4.79 Å². The third kappa shape index (κ3) is 4.69. The normalized spacial score (nSPS) is 40.2. The molecule has 3 saturated carbocycles. The molecule has 0 saturated heterocycles. The molecule has 4 aliphatic carbocycles. The van der Waals surface area contributed by atoms with Gasteiger partial charge in [0.15, 0.2) is 0 Å². The van der Waals surface area contributed by atoms with Gasteiger partial charge in [-0.1, -0.05) is 39.3 Å². The summed E-state index contributed by atoms with van der Waals surface area (Å²) in [5.41, 5.74) is 2.00. The van der Waals surface area contributed by atoms with Crippen LogP contribution in [0.25, 0.3) is 0 Å². The van der Waals surface area contributed by atoms with Gasteiger partial charge in [0.1, 0.15) is 5.78 Å². The fourth-order valence-corrected chi connectivity index (χ4v) is 8.34. The van der Waals surface area contributed by atoms with Gasteiger partial charge in [0.2, 0.25) is 0 Å². The minimum atomic E-state index is -0.244. The van der Waals surface area contributed by atoms with E-state index in [1.54, 1.807) is 6.26 Å².